The third-order valence-electron chi connectivity index (χ3n) is 9.13. The predicted molar refractivity (Wildman–Crippen MR) is 124 cm³/mol. The van der Waals surface area contributed by atoms with E-state index in [1.807, 2.05) is 0 Å². The fourth-order valence-corrected chi connectivity index (χ4v) is 7.00. The molecule has 2 aliphatic carbocycles. The van der Waals surface area contributed by atoms with Crippen LogP contribution in [-0.2, 0) is 18.3 Å². The van der Waals surface area contributed by atoms with Crippen LogP contribution in [-0.4, -0.2) is 16.1 Å². The molecular weight excluding hydrogens is 380 g/mol. The van der Waals surface area contributed by atoms with Crippen molar-refractivity contribution in [3.05, 3.63) is 71.5 Å². The third kappa shape index (κ3) is 1.93. The van der Waals surface area contributed by atoms with Crippen molar-refractivity contribution >= 4 is 23.0 Å². The molecule has 4 aliphatic rings. The first-order valence-corrected chi connectivity index (χ1v) is 11.7. The van der Waals surface area contributed by atoms with E-state index in [0.717, 1.165) is 24.5 Å². The summed E-state index contributed by atoms with van der Waals surface area (Å²) in [5.41, 5.74) is 6.65. The van der Waals surface area contributed by atoms with E-state index in [2.05, 4.69) is 85.2 Å². The van der Waals surface area contributed by atoms with Gasteiger partial charge >= 0.3 is 0 Å². The number of fused-ring (bicyclic) bond motifs is 9. The van der Waals surface area contributed by atoms with Gasteiger partial charge in [0.1, 0.15) is 6.17 Å². The molecule has 4 nitrogen and oxygen atoms in total. The monoisotopic (exact) mass is 408 g/mol. The molecule has 0 radical (unpaired) electrons. The molecule has 1 saturated carbocycles. The van der Waals surface area contributed by atoms with Crippen LogP contribution in [0.1, 0.15) is 50.6 Å². The lowest BCUT2D eigenvalue weighted by Crippen LogP contribution is -2.50. The summed E-state index contributed by atoms with van der Waals surface area (Å²) in [5.74, 6) is 2.66. The van der Waals surface area contributed by atoms with E-state index in [9.17, 15) is 0 Å². The van der Waals surface area contributed by atoms with Gasteiger partial charge in [0.05, 0.1) is 11.4 Å². The van der Waals surface area contributed by atoms with Crippen LogP contribution in [0.25, 0.3) is 0 Å². The highest BCUT2D eigenvalue weighted by molar-refractivity contribution is 5.88. The highest BCUT2D eigenvalue weighted by Gasteiger charge is 2.78. The summed E-state index contributed by atoms with van der Waals surface area (Å²) in [6.07, 6.45) is 4.71. The molecule has 0 N–H and O–H groups in total. The van der Waals surface area contributed by atoms with E-state index in [-0.39, 0.29) is 17.0 Å². The second-order valence-corrected chi connectivity index (χ2v) is 10.1. The lowest BCUT2D eigenvalue weighted by atomic mass is 9.81. The van der Waals surface area contributed by atoms with Gasteiger partial charge in [-0.15, -0.1) is 0 Å². The molecule has 7 rings (SSSR count). The minimum absolute atomic E-state index is 0.111. The second-order valence-electron chi connectivity index (χ2n) is 10.1. The molecule has 2 aromatic carbocycles. The Morgan fingerprint density at radius 2 is 1.42 bits per heavy atom. The summed E-state index contributed by atoms with van der Waals surface area (Å²) in [4.78, 5) is 15.6. The van der Waals surface area contributed by atoms with E-state index < -0.39 is 0 Å². The lowest BCUT2D eigenvalue weighted by Gasteiger charge is -2.44. The average Bonchev–Trinajstić information content (AvgIpc) is 3.11. The van der Waals surface area contributed by atoms with Crippen molar-refractivity contribution in [2.75, 3.05) is 9.80 Å². The van der Waals surface area contributed by atoms with Crippen LogP contribution in [0.3, 0.4) is 0 Å². The van der Waals surface area contributed by atoms with Gasteiger partial charge in [0.25, 0.3) is 0 Å². The third-order valence-corrected chi connectivity index (χ3v) is 9.13. The Kier molecular flexibility index (Phi) is 3.25. The molecule has 4 atom stereocenters. The Bertz CT molecular complexity index is 1220. The van der Waals surface area contributed by atoms with Gasteiger partial charge in [0, 0.05) is 22.2 Å². The largest absolute Gasteiger partial charge is 0.301 e. The zero-order valence-corrected chi connectivity index (χ0v) is 18.5. The Morgan fingerprint density at radius 1 is 0.806 bits per heavy atom. The van der Waals surface area contributed by atoms with Crippen molar-refractivity contribution in [3.63, 3.8) is 0 Å². The number of rotatable bonds is 1. The van der Waals surface area contributed by atoms with Gasteiger partial charge in [-0.3, -0.25) is 0 Å². The number of nitrogens with zero attached hydrogens (tertiary/aromatic N) is 4. The van der Waals surface area contributed by atoms with Gasteiger partial charge < -0.3 is 9.80 Å². The van der Waals surface area contributed by atoms with E-state index in [1.54, 1.807) is 0 Å². The fraction of sp³-hybridized carbons (Fsp3) is 0.407. The molecule has 0 spiro atoms. The van der Waals surface area contributed by atoms with Crippen molar-refractivity contribution < 1.29 is 0 Å². The Balaban J connectivity index is 1.55. The first kappa shape index (κ1) is 17.8. The van der Waals surface area contributed by atoms with Crippen LogP contribution >= 0.6 is 0 Å². The first-order valence-electron chi connectivity index (χ1n) is 11.7. The molecule has 4 heteroatoms. The van der Waals surface area contributed by atoms with Gasteiger partial charge in [-0.2, -0.15) is 0 Å². The molecule has 4 unspecified atom stereocenters. The molecule has 0 saturated heterocycles. The molecule has 3 heterocycles. The molecular formula is C27H28N4. The quantitative estimate of drug-likeness (QED) is 0.502. The predicted octanol–water partition coefficient (Wildman–Crippen LogP) is 5.90. The molecule has 31 heavy (non-hydrogen) atoms. The summed E-state index contributed by atoms with van der Waals surface area (Å²) >= 11 is 0. The normalized spacial score (nSPS) is 32.0. The van der Waals surface area contributed by atoms with Gasteiger partial charge in [-0.1, -0.05) is 57.2 Å². The van der Waals surface area contributed by atoms with E-state index in [1.165, 1.54) is 41.2 Å². The van der Waals surface area contributed by atoms with E-state index >= 15 is 0 Å². The standard InChI is InChI=1S/C27H28N4/c1-17-26(2)19-13-7-10-16-22(19)31-24-23(28-20-14-8-9-15-21(20)29-24)30(25(31)27(17,26)3)18-11-5-4-6-12-18/h4-7,10-13,16-17,25H,8-9,14-15H2,1-3H3. The van der Waals surface area contributed by atoms with Crippen molar-refractivity contribution in [1.29, 1.82) is 0 Å². The Hall–Kier alpha value is -2.88. The highest BCUT2D eigenvalue weighted by Crippen LogP contribution is 2.78. The zero-order valence-electron chi connectivity index (χ0n) is 18.5. The zero-order chi connectivity index (χ0) is 21.0. The maximum Gasteiger partial charge on any atom is 0.178 e. The SMILES string of the molecule is CC1C2(C)c3ccccc3N3c4nc5c(nc4N(c4ccccc4)C3C12C)CCCC5. The van der Waals surface area contributed by atoms with Gasteiger partial charge in [-0.25, -0.2) is 9.97 Å². The van der Waals surface area contributed by atoms with Gasteiger partial charge in [0.15, 0.2) is 11.6 Å². The molecule has 0 bridgehead atoms. The number of para-hydroxylation sites is 2. The summed E-state index contributed by atoms with van der Waals surface area (Å²) in [6.45, 7) is 7.37. The van der Waals surface area contributed by atoms with Crippen molar-refractivity contribution in [1.82, 2.24) is 9.97 Å². The minimum Gasteiger partial charge on any atom is -0.301 e. The number of aromatic nitrogens is 2. The minimum atomic E-state index is 0.111. The highest BCUT2D eigenvalue weighted by atomic mass is 15.5. The topological polar surface area (TPSA) is 32.3 Å². The molecule has 0 amide bonds. The number of hydrogen-bond donors (Lipinski definition) is 0. The average molecular weight is 409 g/mol. The summed E-state index contributed by atoms with van der Waals surface area (Å²) in [5, 5.41) is 0. The number of aryl methyl sites for hydroxylation is 2. The smallest absolute Gasteiger partial charge is 0.178 e. The number of benzene rings is 2. The summed E-state index contributed by atoms with van der Waals surface area (Å²) < 4.78 is 0. The van der Waals surface area contributed by atoms with Crippen molar-refractivity contribution in [2.24, 2.45) is 11.3 Å². The number of anilines is 4. The number of hydrogen-bond acceptors (Lipinski definition) is 4. The van der Waals surface area contributed by atoms with Crippen LogP contribution in [0, 0.1) is 11.3 Å². The maximum absolute atomic E-state index is 5.31. The van der Waals surface area contributed by atoms with Gasteiger partial charge in [-0.05, 0) is 55.4 Å². The molecule has 3 aromatic rings. The first-order chi connectivity index (χ1) is 15.1. The molecule has 156 valence electrons. The van der Waals surface area contributed by atoms with Crippen LogP contribution in [0.2, 0.25) is 0 Å². The molecule has 1 aromatic heterocycles. The van der Waals surface area contributed by atoms with Crippen molar-refractivity contribution in [2.45, 2.75) is 58.0 Å². The fourth-order valence-electron chi connectivity index (χ4n) is 7.00. The van der Waals surface area contributed by atoms with Crippen LogP contribution in [0.15, 0.2) is 54.6 Å². The maximum atomic E-state index is 5.31. The van der Waals surface area contributed by atoms with Crippen LogP contribution < -0.4 is 9.80 Å². The Labute approximate surface area is 183 Å². The van der Waals surface area contributed by atoms with Crippen LogP contribution in [0.4, 0.5) is 23.0 Å². The van der Waals surface area contributed by atoms with Gasteiger partial charge in [0.2, 0.25) is 0 Å². The summed E-state index contributed by atoms with van der Waals surface area (Å²) in [6, 6.07) is 19.8. The summed E-state index contributed by atoms with van der Waals surface area (Å²) in [7, 11) is 0. The molecule has 1 fully saturated rings. The second kappa shape index (κ2) is 5.67. The van der Waals surface area contributed by atoms with Crippen molar-refractivity contribution in [3.8, 4) is 0 Å². The van der Waals surface area contributed by atoms with E-state index in [0.29, 0.717) is 5.92 Å². The molecule has 2 aliphatic heterocycles. The lowest BCUT2D eigenvalue weighted by molar-refractivity contribution is 0.362. The van der Waals surface area contributed by atoms with E-state index in [4.69, 9.17) is 9.97 Å². The van der Waals surface area contributed by atoms with Crippen LogP contribution in [0.5, 0.6) is 0 Å². The Morgan fingerprint density at radius 3 is 2.13 bits per heavy atom.